The first kappa shape index (κ1) is 15.9. The highest BCUT2D eigenvalue weighted by molar-refractivity contribution is 5.91. The summed E-state index contributed by atoms with van der Waals surface area (Å²) in [4.78, 5) is 16.3. The Hall–Kier alpha value is -3.02. The Bertz CT molecular complexity index is 859. The monoisotopic (exact) mass is 324 g/mol. The van der Waals surface area contributed by atoms with Crippen LogP contribution in [0.5, 0.6) is 0 Å². The maximum absolute atomic E-state index is 13.6. The summed E-state index contributed by atoms with van der Waals surface area (Å²) >= 11 is 0. The van der Waals surface area contributed by atoms with E-state index in [0.717, 1.165) is 11.3 Å². The van der Waals surface area contributed by atoms with Crippen LogP contribution < -0.4 is 5.32 Å². The number of halogens is 1. The number of aryl methyl sites for hydroxylation is 1. The number of anilines is 1. The Morgan fingerprint density at radius 1 is 1.21 bits per heavy atom. The summed E-state index contributed by atoms with van der Waals surface area (Å²) in [5, 5.41) is 9.58. The van der Waals surface area contributed by atoms with Crippen molar-refractivity contribution in [1.29, 1.82) is 0 Å². The molecule has 1 aromatic heterocycles. The summed E-state index contributed by atoms with van der Waals surface area (Å²) in [5.41, 5.74) is 2.34. The number of hydrogen-bond donors (Lipinski definition) is 2. The predicted octanol–water partition coefficient (Wildman–Crippen LogP) is 3.02. The minimum atomic E-state index is -0.285. The number of rotatable bonds is 5. The van der Waals surface area contributed by atoms with Crippen molar-refractivity contribution in [3.05, 3.63) is 77.1 Å². The Balaban J connectivity index is 1.61. The molecule has 0 fully saturated rings. The molecule has 2 N–H and O–H groups in total. The first-order chi connectivity index (χ1) is 11.6. The number of amides is 1. The molecule has 0 aliphatic carbocycles. The SMILES string of the molecule is Cc1cccc(NC(=O)Cc2n[nH]c(Cc3ccccc3F)n2)c1. The van der Waals surface area contributed by atoms with E-state index in [9.17, 15) is 9.18 Å². The Kier molecular flexibility index (Phi) is 4.65. The van der Waals surface area contributed by atoms with Gasteiger partial charge in [-0.3, -0.25) is 9.89 Å². The number of carbonyl (C=O) groups is 1. The van der Waals surface area contributed by atoms with Crippen LogP contribution in [0, 0.1) is 12.7 Å². The minimum absolute atomic E-state index is 0.0573. The van der Waals surface area contributed by atoms with Crippen LogP contribution in [0.2, 0.25) is 0 Å². The zero-order valence-electron chi connectivity index (χ0n) is 13.2. The molecule has 0 spiro atoms. The largest absolute Gasteiger partial charge is 0.326 e. The Labute approximate surface area is 138 Å². The van der Waals surface area contributed by atoms with Crippen molar-refractivity contribution in [2.24, 2.45) is 0 Å². The van der Waals surface area contributed by atoms with Crippen molar-refractivity contribution in [1.82, 2.24) is 15.2 Å². The fraction of sp³-hybridized carbons (Fsp3) is 0.167. The van der Waals surface area contributed by atoms with Crippen molar-refractivity contribution in [2.45, 2.75) is 19.8 Å². The number of nitrogens with one attached hydrogen (secondary N) is 2. The van der Waals surface area contributed by atoms with E-state index in [1.165, 1.54) is 6.07 Å². The molecule has 24 heavy (non-hydrogen) atoms. The fourth-order valence-electron chi connectivity index (χ4n) is 2.39. The number of benzene rings is 2. The molecule has 0 saturated heterocycles. The van der Waals surface area contributed by atoms with Crippen LogP contribution in [0.1, 0.15) is 22.8 Å². The molecule has 3 rings (SSSR count). The van der Waals surface area contributed by atoms with E-state index in [1.54, 1.807) is 18.2 Å². The van der Waals surface area contributed by atoms with E-state index in [-0.39, 0.29) is 18.1 Å². The van der Waals surface area contributed by atoms with E-state index < -0.39 is 0 Å². The topological polar surface area (TPSA) is 70.7 Å². The van der Waals surface area contributed by atoms with Crippen LogP contribution in [-0.2, 0) is 17.6 Å². The van der Waals surface area contributed by atoms with Crippen LogP contribution in [0.3, 0.4) is 0 Å². The van der Waals surface area contributed by atoms with Crippen LogP contribution in [0.25, 0.3) is 0 Å². The summed E-state index contributed by atoms with van der Waals surface area (Å²) < 4.78 is 13.6. The fourth-order valence-corrected chi connectivity index (χ4v) is 2.39. The van der Waals surface area contributed by atoms with E-state index >= 15 is 0 Å². The van der Waals surface area contributed by atoms with Gasteiger partial charge in [0.1, 0.15) is 11.6 Å². The molecular formula is C18H17FN4O. The lowest BCUT2D eigenvalue weighted by Crippen LogP contribution is -2.15. The molecule has 0 atom stereocenters. The second kappa shape index (κ2) is 7.04. The highest BCUT2D eigenvalue weighted by Gasteiger charge is 2.11. The molecule has 0 bridgehead atoms. The third-order valence-electron chi connectivity index (χ3n) is 3.51. The van der Waals surface area contributed by atoms with E-state index in [2.05, 4.69) is 20.5 Å². The number of carbonyl (C=O) groups excluding carboxylic acids is 1. The van der Waals surface area contributed by atoms with E-state index in [1.807, 2.05) is 31.2 Å². The molecule has 1 heterocycles. The van der Waals surface area contributed by atoms with Gasteiger partial charge in [0.15, 0.2) is 5.82 Å². The van der Waals surface area contributed by atoms with Crippen LogP contribution in [0.15, 0.2) is 48.5 Å². The number of H-pyrrole nitrogens is 1. The Morgan fingerprint density at radius 3 is 2.83 bits per heavy atom. The number of aromatic amines is 1. The Morgan fingerprint density at radius 2 is 2.04 bits per heavy atom. The van der Waals surface area contributed by atoms with Crippen molar-refractivity contribution in [3.8, 4) is 0 Å². The zero-order valence-corrected chi connectivity index (χ0v) is 13.2. The maximum Gasteiger partial charge on any atom is 0.232 e. The summed E-state index contributed by atoms with van der Waals surface area (Å²) in [6.07, 6.45) is 0.362. The second-order valence-corrected chi connectivity index (χ2v) is 5.56. The first-order valence-electron chi connectivity index (χ1n) is 7.60. The van der Waals surface area contributed by atoms with Crippen molar-refractivity contribution < 1.29 is 9.18 Å². The summed E-state index contributed by atoms with van der Waals surface area (Å²) in [5.74, 6) is 0.426. The predicted molar refractivity (Wildman–Crippen MR) is 89.1 cm³/mol. The lowest BCUT2D eigenvalue weighted by molar-refractivity contribution is -0.115. The minimum Gasteiger partial charge on any atom is -0.326 e. The number of hydrogen-bond acceptors (Lipinski definition) is 3. The van der Waals surface area contributed by atoms with Gasteiger partial charge in [-0.1, -0.05) is 30.3 Å². The van der Waals surface area contributed by atoms with Crippen molar-refractivity contribution in [3.63, 3.8) is 0 Å². The van der Waals surface area contributed by atoms with Gasteiger partial charge in [-0.05, 0) is 36.2 Å². The molecule has 0 radical (unpaired) electrons. The van der Waals surface area contributed by atoms with E-state index in [4.69, 9.17) is 0 Å². The molecule has 0 aliphatic heterocycles. The zero-order chi connectivity index (χ0) is 16.9. The summed E-state index contributed by atoms with van der Waals surface area (Å²) in [6.45, 7) is 1.96. The smallest absolute Gasteiger partial charge is 0.232 e. The van der Waals surface area contributed by atoms with Gasteiger partial charge in [0.25, 0.3) is 0 Å². The molecule has 122 valence electrons. The molecule has 3 aromatic rings. The van der Waals surface area contributed by atoms with Gasteiger partial charge < -0.3 is 5.32 Å². The molecule has 5 nitrogen and oxygen atoms in total. The average Bonchev–Trinajstić information content (AvgIpc) is 2.96. The van der Waals surface area contributed by atoms with Gasteiger partial charge >= 0.3 is 0 Å². The quantitative estimate of drug-likeness (QED) is 0.758. The molecule has 1 amide bonds. The van der Waals surface area contributed by atoms with Gasteiger partial charge in [0.2, 0.25) is 5.91 Å². The van der Waals surface area contributed by atoms with Crippen LogP contribution in [-0.4, -0.2) is 21.1 Å². The molecule has 2 aromatic carbocycles. The second-order valence-electron chi connectivity index (χ2n) is 5.56. The van der Waals surface area contributed by atoms with Crippen LogP contribution in [0.4, 0.5) is 10.1 Å². The lowest BCUT2D eigenvalue weighted by atomic mass is 10.1. The normalized spacial score (nSPS) is 10.6. The molecule has 6 heteroatoms. The standard InChI is InChI=1S/C18H17FN4O/c1-12-5-4-7-14(9-12)20-18(24)11-17-21-16(22-23-17)10-13-6-2-3-8-15(13)19/h2-9H,10-11H2,1H3,(H,20,24)(H,21,22,23). The van der Waals surface area contributed by atoms with Crippen LogP contribution >= 0.6 is 0 Å². The van der Waals surface area contributed by atoms with Gasteiger partial charge in [-0.25, -0.2) is 9.37 Å². The number of aromatic nitrogens is 3. The molecule has 0 unspecified atom stereocenters. The molecule has 0 saturated carbocycles. The van der Waals surface area contributed by atoms with Gasteiger partial charge in [-0.15, -0.1) is 0 Å². The van der Waals surface area contributed by atoms with Crippen molar-refractivity contribution in [2.75, 3.05) is 5.32 Å². The van der Waals surface area contributed by atoms with Gasteiger partial charge in [-0.2, -0.15) is 5.10 Å². The van der Waals surface area contributed by atoms with Gasteiger partial charge in [0, 0.05) is 12.1 Å². The average molecular weight is 324 g/mol. The highest BCUT2D eigenvalue weighted by Crippen LogP contribution is 2.12. The lowest BCUT2D eigenvalue weighted by Gasteiger charge is -2.04. The van der Waals surface area contributed by atoms with E-state index in [0.29, 0.717) is 23.6 Å². The molecular weight excluding hydrogens is 307 g/mol. The summed E-state index contributed by atoms with van der Waals surface area (Å²) in [6, 6.07) is 14.1. The third-order valence-corrected chi connectivity index (χ3v) is 3.51. The highest BCUT2D eigenvalue weighted by atomic mass is 19.1. The first-order valence-corrected chi connectivity index (χ1v) is 7.60. The number of nitrogens with zero attached hydrogens (tertiary/aromatic N) is 2. The maximum atomic E-state index is 13.6. The van der Waals surface area contributed by atoms with Crippen molar-refractivity contribution >= 4 is 11.6 Å². The van der Waals surface area contributed by atoms with Gasteiger partial charge in [0.05, 0.1) is 6.42 Å². The molecule has 0 aliphatic rings. The summed E-state index contributed by atoms with van der Waals surface area (Å²) in [7, 11) is 0. The third kappa shape index (κ3) is 4.04.